The largest absolute Gasteiger partial charge is 0.444 e. The molecule has 1 amide bonds. The minimum absolute atomic E-state index is 0.00726. The van der Waals surface area contributed by atoms with E-state index in [1.54, 1.807) is 4.90 Å². The first-order valence-corrected chi connectivity index (χ1v) is 7.47. The lowest BCUT2D eigenvalue weighted by molar-refractivity contribution is -0.0484. The summed E-state index contributed by atoms with van der Waals surface area (Å²) in [5, 5.41) is 0. The molecule has 0 aromatic carbocycles. The standard InChI is InChI=1S/C13H22BrNO3/c1-12(2,3)18-11(16)15-6-4-13(5-7-15)8-10(14)9-17-13/h10H,4-9H2,1-3H3/t10-/m1/s1. The van der Waals surface area contributed by atoms with Crippen LogP contribution in [0.25, 0.3) is 0 Å². The number of ether oxygens (including phenoxy) is 2. The maximum Gasteiger partial charge on any atom is 0.410 e. The molecule has 2 aliphatic heterocycles. The highest BCUT2D eigenvalue weighted by Crippen LogP contribution is 2.38. The number of piperidine rings is 1. The van der Waals surface area contributed by atoms with E-state index in [4.69, 9.17) is 9.47 Å². The molecular formula is C13H22BrNO3. The van der Waals surface area contributed by atoms with Gasteiger partial charge in [0.25, 0.3) is 0 Å². The van der Waals surface area contributed by atoms with Crippen LogP contribution in [0.3, 0.4) is 0 Å². The Morgan fingerprint density at radius 1 is 1.39 bits per heavy atom. The molecule has 4 nitrogen and oxygen atoms in total. The molecule has 2 rings (SSSR count). The van der Waals surface area contributed by atoms with Gasteiger partial charge in [-0.1, -0.05) is 15.9 Å². The highest BCUT2D eigenvalue weighted by Gasteiger charge is 2.43. The van der Waals surface area contributed by atoms with Gasteiger partial charge in [0.1, 0.15) is 5.60 Å². The van der Waals surface area contributed by atoms with E-state index in [2.05, 4.69) is 15.9 Å². The summed E-state index contributed by atoms with van der Waals surface area (Å²) in [6, 6.07) is 0. The molecule has 2 heterocycles. The number of nitrogens with zero attached hydrogens (tertiary/aromatic N) is 1. The fourth-order valence-electron chi connectivity index (χ4n) is 2.56. The number of rotatable bonds is 0. The normalized spacial score (nSPS) is 27.6. The summed E-state index contributed by atoms with van der Waals surface area (Å²) < 4.78 is 11.3. The molecule has 0 unspecified atom stereocenters. The van der Waals surface area contributed by atoms with Crippen LogP contribution in [0.5, 0.6) is 0 Å². The molecule has 0 bridgehead atoms. The first-order valence-electron chi connectivity index (χ1n) is 6.56. The van der Waals surface area contributed by atoms with Crippen molar-refractivity contribution in [3.63, 3.8) is 0 Å². The minimum Gasteiger partial charge on any atom is -0.444 e. The smallest absolute Gasteiger partial charge is 0.410 e. The molecule has 2 fully saturated rings. The van der Waals surface area contributed by atoms with Crippen molar-refractivity contribution in [2.75, 3.05) is 19.7 Å². The van der Waals surface area contributed by atoms with Crippen LogP contribution in [0.1, 0.15) is 40.0 Å². The van der Waals surface area contributed by atoms with Gasteiger partial charge in [-0.2, -0.15) is 0 Å². The Balaban J connectivity index is 1.85. The number of alkyl halides is 1. The monoisotopic (exact) mass is 319 g/mol. The van der Waals surface area contributed by atoms with Gasteiger partial charge < -0.3 is 14.4 Å². The Morgan fingerprint density at radius 3 is 2.44 bits per heavy atom. The summed E-state index contributed by atoms with van der Waals surface area (Å²) in [5.74, 6) is 0. The highest BCUT2D eigenvalue weighted by molar-refractivity contribution is 9.09. The molecule has 104 valence electrons. The van der Waals surface area contributed by atoms with E-state index < -0.39 is 5.60 Å². The molecule has 0 saturated carbocycles. The van der Waals surface area contributed by atoms with Crippen molar-refractivity contribution in [2.45, 2.75) is 56.1 Å². The fraction of sp³-hybridized carbons (Fsp3) is 0.923. The third kappa shape index (κ3) is 3.38. The molecule has 2 saturated heterocycles. The average molecular weight is 320 g/mol. The quantitative estimate of drug-likeness (QED) is 0.644. The Kier molecular flexibility index (Phi) is 3.93. The minimum atomic E-state index is -0.420. The topological polar surface area (TPSA) is 38.8 Å². The molecule has 0 N–H and O–H groups in total. The molecule has 0 radical (unpaired) electrons. The SMILES string of the molecule is CC(C)(C)OC(=O)N1CCC2(CC1)C[C@@H](Br)CO2. The van der Waals surface area contributed by atoms with Crippen LogP contribution in [0.2, 0.25) is 0 Å². The van der Waals surface area contributed by atoms with Gasteiger partial charge in [-0.15, -0.1) is 0 Å². The summed E-state index contributed by atoms with van der Waals surface area (Å²) >= 11 is 3.60. The number of carbonyl (C=O) groups excluding carboxylic acids is 1. The lowest BCUT2D eigenvalue weighted by Crippen LogP contribution is -2.47. The van der Waals surface area contributed by atoms with Crippen molar-refractivity contribution < 1.29 is 14.3 Å². The van der Waals surface area contributed by atoms with Gasteiger partial charge >= 0.3 is 6.09 Å². The number of hydrogen-bond acceptors (Lipinski definition) is 3. The molecule has 2 aliphatic rings. The summed E-state index contributed by atoms with van der Waals surface area (Å²) in [6.07, 6.45) is 2.67. The first-order chi connectivity index (χ1) is 8.30. The van der Waals surface area contributed by atoms with E-state index in [1.165, 1.54) is 0 Å². The van der Waals surface area contributed by atoms with E-state index in [1.807, 2.05) is 20.8 Å². The molecule has 0 aromatic rings. The van der Waals surface area contributed by atoms with Crippen molar-refractivity contribution >= 4 is 22.0 Å². The fourth-order valence-corrected chi connectivity index (χ4v) is 3.28. The zero-order chi connectivity index (χ0) is 13.4. The summed E-state index contributed by atoms with van der Waals surface area (Å²) in [7, 11) is 0. The third-order valence-electron chi connectivity index (χ3n) is 3.49. The number of carbonyl (C=O) groups is 1. The second kappa shape index (κ2) is 5.00. The first kappa shape index (κ1) is 14.1. The van der Waals surface area contributed by atoms with E-state index in [9.17, 15) is 4.79 Å². The zero-order valence-corrected chi connectivity index (χ0v) is 13.0. The van der Waals surface area contributed by atoms with Crippen molar-refractivity contribution in [2.24, 2.45) is 0 Å². The highest BCUT2D eigenvalue weighted by atomic mass is 79.9. The third-order valence-corrected chi connectivity index (χ3v) is 4.08. The number of amides is 1. The summed E-state index contributed by atoms with van der Waals surface area (Å²) in [4.78, 5) is 14.2. The van der Waals surface area contributed by atoms with E-state index in [-0.39, 0.29) is 11.7 Å². The predicted molar refractivity (Wildman–Crippen MR) is 73.1 cm³/mol. The second-order valence-corrected chi connectivity index (χ2v) is 7.56. The Hall–Kier alpha value is -0.290. The lowest BCUT2D eigenvalue weighted by atomic mass is 9.89. The van der Waals surface area contributed by atoms with Crippen LogP contribution in [0.15, 0.2) is 0 Å². The van der Waals surface area contributed by atoms with Gasteiger partial charge in [-0.3, -0.25) is 0 Å². The van der Waals surface area contributed by atoms with Gasteiger partial charge in [0.05, 0.1) is 12.2 Å². The number of likely N-dealkylation sites (tertiary alicyclic amines) is 1. The molecule has 5 heteroatoms. The number of halogens is 1. The molecule has 1 atom stereocenters. The second-order valence-electron chi connectivity index (χ2n) is 6.26. The van der Waals surface area contributed by atoms with Crippen molar-refractivity contribution in [3.8, 4) is 0 Å². The molecule has 1 spiro atoms. The molecule has 18 heavy (non-hydrogen) atoms. The summed E-state index contributed by atoms with van der Waals surface area (Å²) in [5.41, 5.74) is -0.427. The number of hydrogen-bond donors (Lipinski definition) is 0. The molecule has 0 aliphatic carbocycles. The van der Waals surface area contributed by atoms with Crippen molar-refractivity contribution in [1.29, 1.82) is 0 Å². The lowest BCUT2D eigenvalue weighted by Gasteiger charge is -2.38. The van der Waals surface area contributed by atoms with Crippen LogP contribution in [-0.4, -0.2) is 46.7 Å². The molecular weight excluding hydrogens is 298 g/mol. The predicted octanol–water partition coefficient (Wildman–Crippen LogP) is 2.94. The maximum atomic E-state index is 11.9. The van der Waals surface area contributed by atoms with E-state index >= 15 is 0 Å². The molecule has 0 aromatic heterocycles. The Labute approximate surface area is 117 Å². The van der Waals surface area contributed by atoms with Gasteiger partial charge in [-0.05, 0) is 40.0 Å². The van der Waals surface area contributed by atoms with Gasteiger partial charge in [0.2, 0.25) is 0 Å². The Morgan fingerprint density at radius 2 is 2.00 bits per heavy atom. The zero-order valence-electron chi connectivity index (χ0n) is 11.4. The van der Waals surface area contributed by atoms with Crippen molar-refractivity contribution in [3.05, 3.63) is 0 Å². The van der Waals surface area contributed by atoms with E-state index in [0.717, 1.165) is 39.0 Å². The van der Waals surface area contributed by atoms with Crippen LogP contribution in [0.4, 0.5) is 4.79 Å². The van der Waals surface area contributed by atoms with Crippen LogP contribution < -0.4 is 0 Å². The van der Waals surface area contributed by atoms with E-state index in [0.29, 0.717) is 4.83 Å². The van der Waals surface area contributed by atoms with Crippen LogP contribution in [-0.2, 0) is 9.47 Å². The van der Waals surface area contributed by atoms with Crippen LogP contribution >= 0.6 is 15.9 Å². The van der Waals surface area contributed by atoms with Gasteiger partial charge in [-0.25, -0.2) is 4.79 Å². The van der Waals surface area contributed by atoms with Gasteiger partial charge in [0.15, 0.2) is 0 Å². The average Bonchev–Trinajstić information content (AvgIpc) is 2.58. The van der Waals surface area contributed by atoms with Gasteiger partial charge in [0, 0.05) is 17.9 Å². The summed E-state index contributed by atoms with van der Waals surface area (Å²) in [6.45, 7) is 7.93. The van der Waals surface area contributed by atoms with Crippen LogP contribution in [0, 0.1) is 0 Å². The maximum absolute atomic E-state index is 11.9. The Bertz CT molecular complexity index is 319. The van der Waals surface area contributed by atoms with Crippen molar-refractivity contribution in [1.82, 2.24) is 4.90 Å².